The first kappa shape index (κ1) is 10.7. The molecule has 84 valence electrons. The lowest BCUT2D eigenvalue weighted by molar-refractivity contribution is 0.112. The Morgan fingerprint density at radius 1 is 1.38 bits per heavy atom. The van der Waals surface area contributed by atoms with Crippen molar-refractivity contribution in [1.29, 1.82) is 0 Å². The van der Waals surface area contributed by atoms with Crippen LogP contribution in [0, 0.1) is 0 Å². The van der Waals surface area contributed by atoms with E-state index in [1.807, 2.05) is 24.4 Å². The third-order valence-corrected chi connectivity index (χ3v) is 2.75. The Balaban J connectivity index is 2.74. The van der Waals surface area contributed by atoms with Crippen LogP contribution < -0.4 is 4.74 Å². The standard InChI is InChI=1S/C13H15NO2/c1-9(2)14-7-10(8-15)12-6-11(16-3)4-5-13(12)14/h4-9H,1-3H3. The minimum Gasteiger partial charge on any atom is -0.497 e. The molecule has 0 saturated heterocycles. The topological polar surface area (TPSA) is 31.2 Å². The first-order valence-electron chi connectivity index (χ1n) is 5.31. The zero-order valence-corrected chi connectivity index (χ0v) is 9.73. The maximum absolute atomic E-state index is 11.0. The van der Waals surface area contributed by atoms with E-state index in [0.717, 1.165) is 22.9 Å². The van der Waals surface area contributed by atoms with Gasteiger partial charge in [-0.3, -0.25) is 4.79 Å². The van der Waals surface area contributed by atoms with Gasteiger partial charge in [0.05, 0.1) is 7.11 Å². The van der Waals surface area contributed by atoms with Crippen LogP contribution in [0.4, 0.5) is 0 Å². The molecular weight excluding hydrogens is 202 g/mol. The molecule has 1 aromatic carbocycles. The number of hydrogen-bond donors (Lipinski definition) is 0. The van der Waals surface area contributed by atoms with Gasteiger partial charge in [-0.1, -0.05) is 0 Å². The molecule has 0 N–H and O–H groups in total. The summed E-state index contributed by atoms with van der Waals surface area (Å²) in [5.41, 5.74) is 1.78. The van der Waals surface area contributed by atoms with Gasteiger partial charge in [0.1, 0.15) is 5.75 Å². The van der Waals surface area contributed by atoms with E-state index in [1.165, 1.54) is 0 Å². The maximum Gasteiger partial charge on any atom is 0.152 e. The molecule has 0 fully saturated rings. The van der Waals surface area contributed by atoms with Crippen molar-refractivity contribution >= 4 is 17.2 Å². The lowest BCUT2D eigenvalue weighted by atomic mass is 10.2. The Kier molecular flexibility index (Phi) is 2.69. The quantitative estimate of drug-likeness (QED) is 0.740. The van der Waals surface area contributed by atoms with Crippen molar-refractivity contribution < 1.29 is 9.53 Å². The number of methoxy groups -OCH3 is 1. The number of nitrogens with zero attached hydrogens (tertiary/aromatic N) is 1. The summed E-state index contributed by atoms with van der Waals surface area (Å²) in [6, 6.07) is 6.14. The van der Waals surface area contributed by atoms with Crippen molar-refractivity contribution in [3.05, 3.63) is 30.0 Å². The van der Waals surface area contributed by atoms with Crippen LogP contribution in [-0.4, -0.2) is 18.0 Å². The number of carbonyl (C=O) groups excluding carboxylic acids is 1. The number of carbonyl (C=O) groups is 1. The fourth-order valence-corrected chi connectivity index (χ4v) is 1.91. The molecule has 0 saturated carbocycles. The van der Waals surface area contributed by atoms with Crippen molar-refractivity contribution in [1.82, 2.24) is 4.57 Å². The molecule has 0 unspecified atom stereocenters. The van der Waals surface area contributed by atoms with Gasteiger partial charge in [0.15, 0.2) is 6.29 Å². The average molecular weight is 217 g/mol. The van der Waals surface area contributed by atoms with E-state index in [2.05, 4.69) is 18.4 Å². The number of hydrogen-bond acceptors (Lipinski definition) is 2. The van der Waals surface area contributed by atoms with Crippen LogP contribution in [0.25, 0.3) is 10.9 Å². The van der Waals surface area contributed by atoms with E-state index in [1.54, 1.807) is 7.11 Å². The van der Waals surface area contributed by atoms with Crippen molar-refractivity contribution in [3.63, 3.8) is 0 Å². The summed E-state index contributed by atoms with van der Waals surface area (Å²) in [5, 5.41) is 0.947. The number of aldehydes is 1. The predicted octanol–water partition coefficient (Wildman–Crippen LogP) is 3.04. The Morgan fingerprint density at radius 3 is 2.69 bits per heavy atom. The summed E-state index contributed by atoms with van der Waals surface area (Å²) in [6.45, 7) is 4.19. The molecule has 16 heavy (non-hydrogen) atoms. The summed E-state index contributed by atoms with van der Waals surface area (Å²) in [6.07, 6.45) is 2.78. The minimum atomic E-state index is 0.338. The van der Waals surface area contributed by atoms with Gasteiger partial charge in [-0.05, 0) is 32.0 Å². The highest BCUT2D eigenvalue weighted by Gasteiger charge is 2.10. The Labute approximate surface area is 94.6 Å². The van der Waals surface area contributed by atoms with Gasteiger partial charge in [-0.2, -0.15) is 0 Å². The highest BCUT2D eigenvalue weighted by molar-refractivity contribution is 5.98. The average Bonchev–Trinajstić information content (AvgIpc) is 2.66. The van der Waals surface area contributed by atoms with Crippen LogP contribution in [0.1, 0.15) is 30.2 Å². The lowest BCUT2D eigenvalue weighted by Gasteiger charge is -2.09. The molecule has 2 rings (SSSR count). The number of aromatic nitrogens is 1. The Morgan fingerprint density at radius 2 is 2.12 bits per heavy atom. The van der Waals surface area contributed by atoms with Gasteiger partial charge in [0, 0.05) is 28.7 Å². The monoisotopic (exact) mass is 217 g/mol. The highest BCUT2D eigenvalue weighted by atomic mass is 16.5. The van der Waals surface area contributed by atoms with Crippen LogP contribution in [0.2, 0.25) is 0 Å². The van der Waals surface area contributed by atoms with Crippen LogP contribution in [0.15, 0.2) is 24.4 Å². The van der Waals surface area contributed by atoms with Crippen LogP contribution in [0.3, 0.4) is 0 Å². The van der Waals surface area contributed by atoms with Crippen molar-refractivity contribution in [2.45, 2.75) is 19.9 Å². The van der Waals surface area contributed by atoms with E-state index in [4.69, 9.17) is 4.74 Å². The lowest BCUT2D eigenvalue weighted by Crippen LogP contribution is -1.97. The van der Waals surface area contributed by atoms with Gasteiger partial charge in [0.2, 0.25) is 0 Å². The normalized spacial score (nSPS) is 11.0. The van der Waals surface area contributed by atoms with Gasteiger partial charge in [-0.25, -0.2) is 0 Å². The van der Waals surface area contributed by atoms with Crippen LogP contribution in [-0.2, 0) is 0 Å². The highest BCUT2D eigenvalue weighted by Crippen LogP contribution is 2.27. The van der Waals surface area contributed by atoms with Crippen molar-refractivity contribution in [3.8, 4) is 5.75 Å². The van der Waals surface area contributed by atoms with Gasteiger partial charge < -0.3 is 9.30 Å². The summed E-state index contributed by atoms with van der Waals surface area (Å²) in [7, 11) is 1.63. The van der Waals surface area contributed by atoms with Crippen LogP contribution >= 0.6 is 0 Å². The number of rotatable bonds is 3. The molecule has 0 radical (unpaired) electrons. The molecule has 2 aromatic rings. The number of ether oxygens (including phenoxy) is 1. The number of benzene rings is 1. The van der Waals surface area contributed by atoms with Crippen molar-refractivity contribution in [2.75, 3.05) is 7.11 Å². The molecule has 0 bridgehead atoms. The minimum absolute atomic E-state index is 0.338. The zero-order valence-electron chi connectivity index (χ0n) is 9.73. The Hall–Kier alpha value is -1.77. The molecule has 1 aromatic heterocycles. The molecule has 0 spiro atoms. The molecule has 0 atom stereocenters. The SMILES string of the molecule is COc1ccc2c(c1)c(C=O)cn2C(C)C. The van der Waals surface area contributed by atoms with E-state index in [9.17, 15) is 4.79 Å². The molecule has 3 heteroatoms. The summed E-state index contributed by atoms with van der Waals surface area (Å²) < 4.78 is 7.26. The zero-order chi connectivity index (χ0) is 11.7. The van der Waals surface area contributed by atoms with E-state index < -0.39 is 0 Å². The second-order valence-electron chi connectivity index (χ2n) is 4.09. The molecule has 3 nitrogen and oxygen atoms in total. The summed E-state index contributed by atoms with van der Waals surface area (Å²) >= 11 is 0. The van der Waals surface area contributed by atoms with Crippen LogP contribution in [0.5, 0.6) is 5.75 Å². The second kappa shape index (κ2) is 4.00. The van der Waals surface area contributed by atoms with Gasteiger partial charge in [0.25, 0.3) is 0 Å². The van der Waals surface area contributed by atoms with E-state index >= 15 is 0 Å². The number of fused-ring (bicyclic) bond motifs is 1. The Bertz CT molecular complexity index is 526. The molecule has 1 heterocycles. The van der Waals surface area contributed by atoms with Gasteiger partial charge >= 0.3 is 0 Å². The fraction of sp³-hybridized carbons (Fsp3) is 0.308. The summed E-state index contributed by atoms with van der Waals surface area (Å²) in [5.74, 6) is 0.775. The third-order valence-electron chi connectivity index (χ3n) is 2.75. The molecular formula is C13H15NO2. The fourth-order valence-electron chi connectivity index (χ4n) is 1.91. The maximum atomic E-state index is 11.0. The van der Waals surface area contributed by atoms with E-state index in [-0.39, 0.29) is 0 Å². The second-order valence-corrected chi connectivity index (χ2v) is 4.09. The largest absolute Gasteiger partial charge is 0.497 e. The first-order valence-corrected chi connectivity index (χ1v) is 5.31. The molecule has 0 aliphatic carbocycles. The van der Waals surface area contributed by atoms with Crippen molar-refractivity contribution in [2.24, 2.45) is 0 Å². The van der Waals surface area contributed by atoms with E-state index in [0.29, 0.717) is 11.6 Å². The molecule has 0 amide bonds. The molecule has 0 aliphatic heterocycles. The first-order chi connectivity index (χ1) is 7.67. The predicted molar refractivity (Wildman–Crippen MR) is 64.3 cm³/mol. The third kappa shape index (κ3) is 1.58. The summed E-state index contributed by atoms with van der Waals surface area (Å²) in [4.78, 5) is 11.0. The molecule has 0 aliphatic rings. The smallest absolute Gasteiger partial charge is 0.152 e. The van der Waals surface area contributed by atoms with Gasteiger partial charge in [-0.15, -0.1) is 0 Å².